The number of hydrogen-bond acceptors (Lipinski definition) is 5. The number of phenolic OH excluding ortho intramolecular Hbond substituents is 1. The van der Waals surface area contributed by atoms with E-state index in [2.05, 4.69) is 6.92 Å². The molecule has 91 valence electrons. The number of rotatable bonds is 4. The first kappa shape index (κ1) is 13.0. The van der Waals surface area contributed by atoms with Crippen LogP contribution in [-0.2, 0) is 9.53 Å². The van der Waals surface area contributed by atoms with E-state index in [0.29, 0.717) is 0 Å². The summed E-state index contributed by atoms with van der Waals surface area (Å²) >= 11 is 0. The van der Waals surface area contributed by atoms with Gasteiger partial charge < -0.3 is 14.6 Å². The van der Waals surface area contributed by atoms with Crippen LogP contribution in [0.5, 0.6) is 11.5 Å². The molecule has 0 heterocycles. The van der Waals surface area contributed by atoms with Crippen LogP contribution in [0.4, 0.5) is 0 Å². The zero-order valence-corrected chi connectivity index (χ0v) is 9.43. The summed E-state index contributed by atoms with van der Waals surface area (Å²) in [4.78, 5) is 22.4. The van der Waals surface area contributed by atoms with Crippen molar-refractivity contribution in [3.05, 3.63) is 30.7 Å². The van der Waals surface area contributed by atoms with E-state index in [4.69, 9.17) is 9.47 Å². The van der Waals surface area contributed by atoms with Crippen LogP contribution in [-0.4, -0.2) is 23.7 Å². The van der Waals surface area contributed by atoms with Crippen molar-refractivity contribution in [1.82, 2.24) is 0 Å². The number of carbonyl (C=O) groups is 2. The third-order valence-corrected chi connectivity index (χ3v) is 1.90. The molecule has 0 fully saturated rings. The highest BCUT2D eigenvalue weighted by Gasteiger charge is 2.13. The molecule has 0 aromatic heterocycles. The standard InChI is InChI=1S/C12H13O5/c1-3-11(14)17-10-7-8(5-6-9(10)13)12(15)16-4-2/h5-7,13H,1,3-4H2,2H3. The molecule has 0 aliphatic carbocycles. The molecule has 17 heavy (non-hydrogen) atoms. The molecule has 0 bridgehead atoms. The molecule has 0 aliphatic heterocycles. The molecule has 0 aliphatic rings. The van der Waals surface area contributed by atoms with Gasteiger partial charge in [0.25, 0.3) is 0 Å². The van der Waals surface area contributed by atoms with Crippen LogP contribution >= 0.6 is 0 Å². The van der Waals surface area contributed by atoms with E-state index in [1.807, 2.05) is 0 Å². The summed E-state index contributed by atoms with van der Waals surface area (Å²) in [6, 6.07) is 3.90. The van der Waals surface area contributed by atoms with E-state index in [1.165, 1.54) is 18.2 Å². The molecule has 0 spiro atoms. The van der Waals surface area contributed by atoms with E-state index < -0.39 is 11.9 Å². The van der Waals surface area contributed by atoms with Crippen LogP contribution in [0.15, 0.2) is 18.2 Å². The number of carbonyl (C=O) groups excluding carboxylic acids is 2. The highest BCUT2D eigenvalue weighted by molar-refractivity contribution is 5.90. The molecule has 5 heteroatoms. The average Bonchev–Trinajstić information content (AvgIpc) is 2.32. The maximum Gasteiger partial charge on any atom is 0.338 e. The van der Waals surface area contributed by atoms with Crippen molar-refractivity contribution in [2.24, 2.45) is 0 Å². The molecule has 1 radical (unpaired) electrons. The fraction of sp³-hybridized carbons (Fsp3) is 0.250. The Hall–Kier alpha value is -2.04. The first-order chi connectivity index (χ1) is 8.08. The molecule has 1 aromatic rings. The van der Waals surface area contributed by atoms with Crippen LogP contribution in [0.2, 0.25) is 0 Å². The van der Waals surface area contributed by atoms with Crippen LogP contribution in [0.25, 0.3) is 0 Å². The quantitative estimate of drug-likeness (QED) is 0.637. The van der Waals surface area contributed by atoms with Crippen molar-refractivity contribution in [3.63, 3.8) is 0 Å². The number of ether oxygens (including phenoxy) is 2. The summed E-state index contributed by atoms with van der Waals surface area (Å²) in [6.45, 7) is 5.28. The Morgan fingerprint density at radius 2 is 2.12 bits per heavy atom. The Bertz CT molecular complexity index is 425. The second kappa shape index (κ2) is 5.89. The minimum Gasteiger partial charge on any atom is -0.504 e. The van der Waals surface area contributed by atoms with E-state index in [-0.39, 0.29) is 30.1 Å². The van der Waals surface area contributed by atoms with E-state index in [1.54, 1.807) is 6.92 Å². The summed E-state index contributed by atoms with van der Waals surface area (Å²) in [5.41, 5.74) is 0.205. The third kappa shape index (κ3) is 3.48. The average molecular weight is 237 g/mol. The van der Waals surface area contributed by atoms with Crippen molar-refractivity contribution in [1.29, 1.82) is 0 Å². The van der Waals surface area contributed by atoms with Gasteiger partial charge in [-0.3, -0.25) is 4.79 Å². The normalized spacial score (nSPS) is 9.76. The van der Waals surface area contributed by atoms with Gasteiger partial charge in [-0.2, -0.15) is 0 Å². The molecule has 0 saturated heterocycles. The molecule has 1 N–H and O–H groups in total. The largest absolute Gasteiger partial charge is 0.504 e. The van der Waals surface area contributed by atoms with Gasteiger partial charge in [0.15, 0.2) is 11.5 Å². The topological polar surface area (TPSA) is 72.8 Å². The maximum atomic E-state index is 11.4. The van der Waals surface area contributed by atoms with Gasteiger partial charge in [0.2, 0.25) is 0 Å². The molecular weight excluding hydrogens is 224 g/mol. The van der Waals surface area contributed by atoms with Gasteiger partial charge in [-0.1, -0.05) is 0 Å². The van der Waals surface area contributed by atoms with Gasteiger partial charge in [-0.15, -0.1) is 0 Å². The van der Waals surface area contributed by atoms with Crippen LogP contribution in [0, 0.1) is 6.92 Å². The maximum absolute atomic E-state index is 11.4. The summed E-state index contributed by atoms with van der Waals surface area (Å²) in [5.74, 6) is -1.44. The second-order valence-electron chi connectivity index (χ2n) is 3.13. The first-order valence-corrected chi connectivity index (χ1v) is 5.08. The molecular formula is C12H13O5. The highest BCUT2D eigenvalue weighted by atomic mass is 16.5. The third-order valence-electron chi connectivity index (χ3n) is 1.90. The molecule has 1 rings (SSSR count). The zero-order chi connectivity index (χ0) is 12.8. The number of esters is 2. The summed E-state index contributed by atoms with van der Waals surface area (Å²) in [7, 11) is 0. The van der Waals surface area contributed by atoms with Gasteiger partial charge in [0, 0.05) is 6.42 Å². The van der Waals surface area contributed by atoms with Gasteiger partial charge >= 0.3 is 11.9 Å². The van der Waals surface area contributed by atoms with Crippen LogP contribution < -0.4 is 4.74 Å². The van der Waals surface area contributed by atoms with Crippen molar-refractivity contribution >= 4 is 11.9 Å². The summed E-state index contributed by atoms with van der Waals surface area (Å²) in [6.07, 6.45) is -0.0664. The van der Waals surface area contributed by atoms with Crippen LogP contribution in [0.3, 0.4) is 0 Å². The lowest BCUT2D eigenvalue weighted by atomic mass is 10.2. The fourth-order valence-corrected chi connectivity index (χ4v) is 1.11. The Balaban J connectivity index is 2.93. The second-order valence-corrected chi connectivity index (χ2v) is 3.13. The van der Waals surface area contributed by atoms with Crippen LogP contribution in [0.1, 0.15) is 23.7 Å². The minimum atomic E-state index is -0.596. The van der Waals surface area contributed by atoms with E-state index >= 15 is 0 Å². The fourth-order valence-electron chi connectivity index (χ4n) is 1.11. The lowest BCUT2D eigenvalue weighted by molar-refractivity contribution is -0.133. The van der Waals surface area contributed by atoms with Crippen molar-refractivity contribution in [3.8, 4) is 11.5 Å². The predicted molar refractivity (Wildman–Crippen MR) is 59.7 cm³/mol. The molecule has 1 aromatic carbocycles. The molecule has 0 unspecified atom stereocenters. The smallest absolute Gasteiger partial charge is 0.338 e. The minimum absolute atomic E-state index is 0.0664. The molecule has 0 atom stereocenters. The monoisotopic (exact) mass is 237 g/mol. The number of aromatic hydroxyl groups is 1. The van der Waals surface area contributed by atoms with Gasteiger partial charge in [-0.05, 0) is 32.0 Å². The van der Waals surface area contributed by atoms with E-state index in [0.717, 1.165) is 0 Å². The Morgan fingerprint density at radius 3 is 2.71 bits per heavy atom. The number of benzene rings is 1. The Morgan fingerprint density at radius 1 is 1.41 bits per heavy atom. The number of hydrogen-bond donors (Lipinski definition) is 1. The van der Waals surface area contributed by atoms with Crippen molar-refractivity contribution in [2.75, 3.05) is 6.61 Å². The van der Waals surface area contributed by atoms with Crippen molar-refractivity contribution in [2.45, 2.75) is 13.3 Å². The Kier molecular flexibility index (Phi) is 4.51. The molecule has 0 amide bonds. The molecule has 0 saturated carbocycles. The summed E-state index contributed by atoms with van der Waals surface area (Å²) < 4.78 is 9.58. The van der Waals surface area contributed by atoms with Gasteiger partial charge in [0.05, 0.1) is 12.2 Å². The van der Waals surface area contributed by atoms with E-state index in [9.17, 15) is 14.7 Å². The predicted octanol–water partition coefficient (Wildman–Crippen LogP) is 1.70. The van der Waals surface area contributed by atoms with Gasteiger partial charge in [-0.25, -0.2) is 4.79 Å². The zero-order valence-electron chi connectivity index (χ0n) is 9.43. The summed E-state index contributed by atoms with van der Waals surface area (Å²) in [5, 5.41) is 9.44. The Labute approximate surface area is 99.0 Å². The molecule has 5 nitrogen and oxygen atoms in total. The lowest BCUT2D eigenvalue weighted by Gasteiger charge is -2.07. The van der Waals surface area contributed by atoms with Crippen molar-refractivity contribution < 1.29 is 24.2 Å². The first-order valence-electron chi connectivity index (χ1n) is 5.08. The number of phenols is 1. The lowest BCUT2D eigenvalue weighted by Crippen LogP contribution is -2.08. The SMILES string of the molecule is [CH2]CC(=O)Oc1cc(C(=O)OCC)ccc1O. The highest BCUT2D eigenvalue weighted by Crippen LogP contribution is 2.27. The van der Waals surface area contributed by atoms with Gasteiger partial charge in [0.1, 0.15) is 0 Å².